The third-order valence-electron chi connectivity index (χ3n) is 5.40. The predicted octanol–water partition coefficient (Wildman–Crippen LogP) is 5.00. The maximum atomic E-state index is 12.5. The first-order chi connectivity index (χ1) is 18.7. The first kappa shape index (κ1) is 28.0. The Balaban J connectivity index is 0.000000187. The van der Waals surface area contributed by atoms with Gasteiger partial charge in [-0.2, -0.15) is 0 Å². The summed E-state index contributed by atoms with van der Waals surface area (Å²) in [5, 5.41) is 9.35. The molecule has 2 amide bonds. The van der Waals surface area contributed by atoms with Crippen molar-refractivity contribution in [2.45, 2.75) is 9.79 Å². The normalized spacial score (nSPS) is 11.3. The molecule has 1 heterocycles. The van der Waals surface area contributed by atoms with Gasteiger partial charge in [0.25, 0.3) is 19.1 Å². The van der Waals surface area contributed by atoms with Gasteiger partial charge in [-0.1, -0.05) is 48.5 Å². The van der Waals surface area contributed by atoms with Crippen molar-refractivity contribution < 1.29 is 26.4 Å². The van der Waals surface area contributed by atoms with Gasteiger partial charge >= 0.3 is 0 Å². The monoisotopic (exact) mass is 602 g/mol. The highest BCUT2D eigenvalue weighted by atomic mass is 35.7. The van der Waals surface area contributed by atoms with Crippen LogP contribution in [0.4, 0.5) is 16.5 Å². The fourth-order valence-electron chi connectivity index (χ4n) is 3.83. The molecule has 14 heteroatoms. The van der Waals surface area contributed by atoms with Crippen molar-refractivity contribution in [2.75, 3.05) is 15.4 Å². The second-order valence-electron chi connectivity index (χ2n) is 7.72. The van der Waals surface area contributed by atoms with Gasteiger partial charge in [-0.25, -0.2) is 21.8 Å². The number of carbonyl (C=O) groups is 2. The SMILES string of the molecule is O=CNc1cccc2c(S(=O)(=O)Cl)cccc12.O=CNc1cccc2c(S(=O)(=O)Nc3nccs3)cccc12. The molecule has 10 nitrogen and oxygen atoms in total. The van der Waals surface area contributed by atoms with E-state index in [1.807, 2.05) is 0 Å². The Morgan fingerprint density at radius 1 is 0.692 bits per heavy atom. The summed E-state index contributed by atoms with van der Waals surface area (Å²) >= 11 is 1.20. The van der Waals surface area contributed by atoms with E-state index in [4.69, 9.17) is 10.7 Å². The lowest BCUT2D eigenvalue weighted by atomic mass is 10.1. The number of rotatable bonds is 8. The molecule has 5 rings (SSSR count). The number of carbonyl (C=O) groups excluding carboxylic acids is 2. The molecule has 0 spiro atoms. The predicted molar refractivity (Wildman–Crippen MR) is 153 cm³/mol. The highest BCUT2D eigenvalue weighted by Gasteiger charge is 2.19. The summed E-state index contributed by atoms with van der Waals surface area (Å²) in [4.78, 5) is 25.2. The molecular formula is C25H19ClN4O6S3. The van der Waals surface area contributed by atoms with E-state index < -0.39 is 19.1 Å². The summed E-state index contributed by atoms with van der Waals surface area (Å²) in [6.45, 7) is 0. The summed E-state index contributed by atoms with van der Waals surface area (Å²) in [7, 11) is -2.22. The molecule has 200 valence electrons. The van der Waals surface area contributed by atoms with Crippen molar-refractivity contribution >= 4 is 92.0 Å². The van der Waals surface area contributed by atoms with Crippen LogP contribution in [0.3, 0.4) is 0 Å². The van der Waals surface area contributed by atoms with E-state index in [1.54, 1.807) is 66.0 Å². The number of hydrogen-bond acceptors (Lipinski definition) is 8. The van der Waals surface area contributed by atoms with Crippen LogP contribution in [0, 0.1) is 0 Å². The maximum absolute atomic E-state index is 12.5. The van der Waals surface area contributed by atoms with E-state index in [9.17, 15) is 26.4 Å². The van der Waals surface area contributed by atoms with E-state index in [-0.39, 0.29) is 9.79 Å². The molecule has 5 aromatic rings. The van der Waals surface area contributed by atoms with Crippen LogP contribution in [0.1, 0.15) is 0 Å². The molecule has 0 aliphatic rings. The second-order valence-corrected chi connectivity index (χ2v) is 12.8. The van der Waals surface area contributed by atoms with Gasteiger partial charge in [0.1, 0.15) is 0 Å². The topological polar surface area (TPSA) is 151 Å². The highest BCUT2D eigenvalue weighted by molar-refractivity contribution is 8.14. The van der Waals surface area contributed by atoms with Crippen LogP contribution in [-0.4, -0.2) is 34.6 Å². The molecule has 39 heavy (non-hydrogen) atoms. The second kappa shape index (κ2) is 11.8. The Morgan fingerprint density at radius 3 is 1.67 bits per heavy atom. The van der Waals surface area contributed by atoms with E-state index in [0.29, 0.717) is 50.9 Å². The fourth-order valence-corrected chi connectivity index (χ4v) is 6.93. The lowest BCUT2D eigenvalue weighted by Gasteiger charge is -2.10. The number of benzene rings is 4. The third kappa shape index (κ3) is 6.34. The van der Waals surface area contributed by atoms with Gasteiger partial charge in [0, 0.05) is 55.2 Å². The van der Waals surface area contributed by atoms with Crippen molar-refractivity contribution in [2.24, 2.45) is 0 Å². The summed E-state index contributed by atoms with van der Waals surface area (Å²) in [6.07, 6.45) is 2.62. The molecule has 0 unspecified atom stereocenters. The maximum Gasteiger partial charge on any atom is 0.264 e. The summed E-state index contributed by atoms with van der Waals surface area (Å²) in [6, 6.07) is 19.7. The number of hydrogen-bond donors (Lipinski definition) is 3. The van der Waals surface area contributed by atoms with Gasteiger partial charge in [0.05, 0.1) is 9.79 Å². The van der Waals surface area contributed by atoms with Gasteiger partial charge in [-0.3, -0.25) is 14.3 Å². The van der Waals surface area contributed by atoms with E-state index in [1.165, 1.54) is 29.7 Å². The summed E-state index contributed by atoms with van der Waals surface area (Å²) in [5.74, 6) is 0. The number of aromatic nitrogens is 1. The number of thiazole rings is 1. The van der Waals surface area contributed by atoms with Crippen LogP contribution in [-0.2, 0) is 28.7 Å². The van der Waals surface area contributed by atoms with E-state index in [2.05, 4.69) is 20.3 Å². The molecule has 0 bridgehead atoms. The Labute approximate surface area is 232 Å². The number of amides is 2. The number of nitrogens with one attached hydrogen (secondary N) is 3. The Hall–Kier alpha value is -4.04. The minimum atomic E-state index is -3.81. The Kier molecular flexibility index (Phi) is 8.45. The lowest BCUT2D eigenvalue weighted by Crippen LogP contribution is -2.13. The fraction of sp³-hybridized carbons (Fsp3) is 0. The molecule has 0 aliphatic carbocycles. The van der Waals surface area contributed by atoms with Gasteiger partial charge in [0.2, 0.25) is 12.8 Å². The van der Waals surface area contributed by atoms with Crippen LogP contribution < -0.4 is 15.4 Å². The molecule has 3 N–H and O–H groups in total. The van der Waals surface area contributed by atoms with Crippen molar-refractivity contribution in [3.05, 3.63) is 84.4 Å². The first-order valence-electron chi connectivity index (χ1n) is 11.0. The van der Waals surface area contributed by atoms with Gasteiger partial charge in [-0.05, 0) is 24.3 Å². The third-order valence-corrected chi connectivity index (χ3v) is 8.99. The number of fused-ring (bicyclic) bond motifs is 2. The Bertz CT molecular complexity index is 1880. The highest BCUT2D eigenvalue weighted by Crippen LogP contribution is 2.31. The minimum Gasteiger partial charge on any atom is -0.328 e. The summed E-state index contributed by atoms with van der Waals surface area (Å²) in [5.41, 5.74) is 1.10. The molecule has 0 fully saturated rings. The molecular weight excluding hydrogens is 584 g/mol. The van der Waals surface area contributed by atoms with Crippen molar-refractivity contribution in [1.29, 1.82) is 0 Å². The molecule has 1 aromatic heterocycles. The van der Waals surface area contributed by atoms with Crippen molar-refractivity contribution in [3.63, 3.8) is 0 Å². The van der Waals surface area contributed by atoms with Crippen LogP contribution in [0.5, 0.6) is 0 Å². The number of halogens is 1. The number of nitrogens with zero attached hydrogens (tertiary/aromatic N) is 1. The standard InChI is InChI=1S/C14H11N3O3S2.C11H8ClNO3S/c18-9-16-12-5-1-4-11-10(12)3-2-6-13(11)22(19,20)17-14-15-7-8-21-14;12-17(15,16)11-6-2-3-8-9(11)4-1-5-10(8)13-7-14/h1-9H,(H,15,17)(H,16,18);1-7H,(H,13,14). The number of sulfonamides is 1. The average Bonchev–Trinajstić information content (AvgIpc) is 3.41. The van der Waals surface area contributed by atoms with Crippen molar-refractivity contribution in [1.82, 2.24) is 4.98 Å². The van der Waals surface area contributed by atoms with Crippen LogP contribution in [0.15, 0.2) is 94.2 Å². The minimum absolute atomic E-state index is 0.0335. The smallest absolute Gasteiger partial charge is 0.264 e. The van der Waals surface area contributed by atoms with Crippen LogP contribution >= 0.6 is 22.0 Å². The van der Waals surface area contributed by atoms with Gasteiger partial charge < -0.3 is 10.6 Å². The quantitative estimate of drug-likeness (QED) is 0.167. The lowest BCUT2D eigenvalue weighted by molar-refractivity contribution is -0.106. The van der Waals surface area contributed by atoms with Crippen molar-refractivity contribution in [3.8, 4) is 0 Å². The van der Waals surface area contributed by atoms with E-state index in [0.717, 1.165) is 0 Å². The largest absolute Gasteiger partial charge is 0.328 e. The zero-order chi connectivity index (χ0) is 28.0. The van der Waals surface area contributed by atoms with Gasteiger partial charge in [0.15, 0.2) is 5.13 Å². The molecule has 4 aromatic carbocycles. The zero-order valence-corrected chi connectivity index (χ0v) is 22.9. The Morgan fingerprint density at radius 2 is 1.18 bits per heavy atom. The van der Waals surface area contributed by atoms with Gasteiger partial charge in [-0.15, -0.1) is 11.3 Å². The zero-order valence-electron chi connectivity index (χ0n) is 19.7. The molecule has 0 saturated carbocycles. The summed E-state index contributed by atoms with van der Waals surface area (Å²) < 4.78 is 50.3. The van der Waals surface area contributed by atoms with Crippen LogP contribution in [0.25, 0.3) is 21.5 Å². The molecule has 0 atom stereocenters. The molecule has 0 aliphatic heterocycles. The molecule has 0 saturated heterocycles. The average molecular weight is 603 g/mol. The first-order valence-corrected chi connectivity index (χ1v) is 15.6. The van der Waals surface area contributed by atoms with Crippen LogP contribution in [0.2, 0.25) is 0 Å². The molecule has 0 radical (unpaired) electrons. The van der Waals surface area contributed by atoms with E-state index >= 15 is 0 Å². The number of anilines is 3.